The van der Waals surface area contributed by atoms with Crippen molar-refractivity contribution in [2.75, 3.05) is 39.5 Å². The summed E-state index contributed by atoms with van der Waals surface area (Å²) >= 11 is 5.86. The van der Waals surface area contributed by atoms with Gasteiger partial charge in [-0.15, -0.1) is 0 Å². The van der Waals surface area contributed by atoms with Gasteiger partial charge in [0.2, 0.25) is 0 Å². The van der Waals surface area contributed by atoms with Crippen LogP contribution in [0.25, 0.3) is 0 Å². The number of halogens is 1. The molecule has 0 fully saturated rings. The van der Waals surface area contributed by atoms with Crippen molar-refractivity contribution in [2.24, 2.45) is 0 Å². The largest absolute Gasteiger partial charge is 0.491 e. The smallest absolute Gasteiger partial charge is 0.122 e. The van der Waals surface area contributed by atoms with Gasteiger partial charge in [-0.1, -0.05) is 11.6 Å². The van der Waals surface area contributed by atoms with Gasteiger partial charge in [-0.05, 0) is 30.7 Å². The van der Waals surface area contributed by atoms with Crippen LogP contribution in [0.3, 0.4) is 0 Å². The molecule has 0 saturated heterocycles. The minimum absolute atomic E-state index is 0.0100. The predicted molar refractivity (Wildman–Crippen MR) is 78.3 cm³/mol. The summed E-state index contributed by atoms with van der Waals surface area (Å²) in [5.41, 5.74) is 0.910. The summed E-state index contributed by atoms with van der Waals surface area (Å²) in [5.74, 6) is 0.685. The van der Waals surface area contributed by atoms with Crippen LogP contribution in [0.1, 0.15) is 5.56 Å². The molecule has 0 amide bonds. The lowest BCUT2D eigenvalue weighted by Crippen LogP contribution is -2.38. The normalized spacial score (nSPS) is 12.7. The molecule has 0 bridgehead atoms. The van der Waals surface area contributed by atoms with E-state index in [2.05, 4.69) is 0 Å². The highest BCUT2D eigenvalue weighted by molar-refractivity contribution is 6.30. The molecule has 114 valence electrons. The van der Waals surface area contributed by atoms with E-state index in [-0.39, 0.29) is 19.8 Å². The van der Waals surface area contributed by atoms with Gasteiger partial charge in [0.05, 0.1) is 13.2 Å². The number of nitrogens with zero attached hydrogens (tertiary/aromatic N) is 1. The van der Waals surface area contributed by atoms with E-state index in [9.17, 15) is 5.11 Å². The van der Waals surface area contributed by atoms with Crippen molar-refractivity contribution in [1.29, 1.82) is 0 Å². The Labute approximate surface area is 124 Å². The topological polar surface area (TPSA) is 73.2 Å². The van der Waals surface area contributed by atoms with Crippen LogP contribution in [0.5, 0.6) is 5.75 Å². The minimum Gasteiger partial charge on any atom is -0.491 e. The summed E-state index contributed by atoms with van der Waals surface area (Å²) in [7, 11) is 0. The Morgan fingerprint density at radius 2 is 1.90 bits per heavy atom. The van der Waals surface area contributed by atoms with Crippen molar-refractivity contribution in [1.82, 2.24) is 4.90 Å². The Kier molecular flexibility index (Phi) is 7.87. The van der Waals surface area contributed by atoms with Gasteiger partial charge in [0.1, 0.15) is 18.5 Å². The molecule has 20 heavy (non-hydrogen) atoms. The summed E-state index contributed by atoms with van der Waals surface area (Å²) in [6, 6.07) is 5.30. The monoisotopic (exact) mass is 303 g/mol. The Balaban J connectivity index is 2.43. The molecule has 1 atom stereocenters. The highest BCUT2D eigenvalue weighted by atomic mass is 35.5. The van der Waals surface area contributed by atoms with E-state index < -0.39 is 6.10 Å². The average Bonchev–Trinajstić information content (AvgIpc) is 2.38. The van der Waals surface area contributed by atoms with E-state index in [0.717, 1.165) is 5.56 Å². The average molecular weight is 304 g/mol. The number of hydrogen-bond donors (Lipinski definition) is 3. The second-order valence-electron chi connectivity index (χ2n) is 4.62. The van der Waals surface area contributed by atoms with E-state index in [1.165, 1.54) is 0 Å². The molecule has 1 aromatic carbocycles. The Hall–Kier alpha value is -0.850. The molecule has 0 heterocycles. The number of hydrogen-bond acceptors (Lipinski definition) is 5. The van der Waals surface area contributed by atoms with Gasteiger partial charge < -0.3 is 20.1 Å². The zero-order chi connectivity index (χ0) is 15.0. The number of aliphatic hydroxyl groups is 3. The van der Waals surface area contributed by atoms with Crippen molar-refractivity contribution >= 4 is 11.6 Å². The summed E-state index contributed by atoms with van der Waals surface area (Å²) in [4.78, 5) is 1.78. The molecule has 1 aromatic rings. The molecule has 0 spiro atoms. The number of aliphatic hydroxyl groups excluding tert-OH is 3. The fraction of sp³-hybridized carbons (Fsp3) is 0.571. The molecular weight excluding hydrogens is 282 g/mol. The predicted octanol–water partition coefficient (Wildman–Crippen LogP) is 0.675. The molecule has 6 heteroatoms. The molecule has 1 rings (SSSR count). The van der Waals surface area contributed by atoms with Crippen LogP contribution in [0.2, 0.25) is 5.02 Å². The quantitative estimate of drug-likeness (QED) is 0.625. The maximum Gasteiger partial charge on any atom is 0.122 e. The number of aryl methyl sites for hydroxylation is 1. The first kappa shape index (κ1) is 17.2. The van der Waals surface area contributed by atoms with Gasteiger partial charge in [-0.25, -0.2) is 0 Å². The maximum atomic E-state index is 9.92. The summed E-state index contributed by atoms with van der Waals surface area (Å²) in [6.07, 6.45) is -0.692. The fourth-order valence-corrected chi connectivity index (χ4v) is 2.12. The van der Waals surface area contributed by atoms with Gasteiger partial charge in [-0.3, -0.25) is 4.90 Å². The van der Waals surface area contributed by atoms with Crippen LogP contribution in [-0.2, 0) is 0 Å². The Morgan fingerprint density at radius 1 is 1.25 bits per heavy atom. The zero-order valence-corrected chi connectivity index (χ0v) is 12.4. The van der Waals surface area contributed by atoms with Gasteiger partial charge >= 0.3 is 0 Å². The zero-order valence-electron chi connectivity index (χ0n) is 11.6. The highest BCUT2D eigenvalue weighted by Gasteiger charge is 2.12. The lowest BCUT2D eigenvalue weighted by Gasteiger charge is -2.23. The Morgan fingerprint density at radius 3 is 2.45 bits per heavy atom. The molecule has 0 aliphatic heterocycles. The molecule has 5 nitrogen and oxygen atoms in total. The van der Waals surface area contributed by atoms with Gasteiger partial charge in [0, 0.05) is 24.7 Å². The summed E-state index contributed by atoms with van der Waals surface area (Å²) in [5, 5.41) is 28.4. The second-order valence-corrected chi connectivity index (χ2v) is 5.06. The number of ether oxygens (including phenoxy) is 1. The fourth-order valence-electron chi connectivity index (χ4n) is 1.89. The van der Waals surface area contributed by atoms with Crippen molar-refractivity contribution in [3.8, 4) is 5.75 Å². The molecule has 0 aliphatic carbocycles. The van der Waals surface area contributed by atoms with Gasteiger partial charge in [-0.2, -0.15) is 0 Å². The second kappa shape index (κ2) is 9.15. The SMILES string of the molecule is Cc1cc(Cl)ccc1OC[C@H](O)CN(CCO)CCO. The first-order valence-corrected chi connectivity index (χ1v) is 6.95. The van der Waals surface area contributed by atoms with E-state index in [0.29, 0.717) is 30.4 Å². The maximum absolute atomic E-state index is 9.92. The van der Waals surface area contributed by atoms with E-state index in [1.807, 2.05) is 6.92 Å². The van der Waals surface area contributed by atoms with Crippen LogP contribution in [0.15, 0.2) is 18.2 Å². The van der Waals surface area contributed by atoms with Crippen molar-refractivity contribution < 1.29 is 20.1 Å². The highest BCUT2D eigenvalue weighted by Crippen LogP contribution is 2.21. The van der Waals surface area contributed by atoms with Crippen LogP contribution in [0.4, 0.5) is 0 Å². The van der Waals surface area contributed by atoms with Crippen molar-refractivity contribution in [3.63, 3.8) is 0 Å². The summed E-state index contributed by atoms with van der Waals surface area (Å²) in [6.45, 7) is 3.18. The van der Waals surface area contributed by atoms with Crippen molar-refractivity contribution in [3.05, 3.63) is 28.8 Å². The standard InChI is InChI=1S/C14H22ClNO4/c1-11-8-12(15)2-3-14(11)20-10-13(19)9-16(4-6-17)5-7-18/h2-3,8,13,17-19H,4-7,9-10H2,1H3/t13-/m1/s1. The van der Waals surface area contributed by atoms with Crippen LogP contribution >= 0.6 is 11.6 Å². The van der Waals surface area contributed by atoms with E-state index >= 15 is 0 Å². The lowest BCUT2D eigenvalue weighted by atomic mass is 10.2. The first-order valence-electron chi connectivity index (χ1n) is 6.58. The molecule has 0 saturated carbocycles. The van der Waals surface area contributed by atoms with Crippen LogP contribution in [0, 0.1) is 6.92 Å². The van der Waals surface area contributed by atoms with E-state index in [4.69, 9.17) is 26.6 Å². The third kappa shape index (κ3) is 6.07. The molecule has 0 unspecified atom stereocenters. The third-order valence-corrected chi connectivity index (χ3v) is 3.10. The third-order valence-electron chi connectivity index (χ3n) is 2.87. The number of rotatable bonds is 9. The summed E-state index contributed by atoms with van der Waals surface area (Å²) < 4.78 is 5.55. The van der Waals surface area contributed by atoms with Gasteiger partial charge in [0.25, 0.3) is 0 Å². The molecular formula is C14H22ClNO4. The molecule has 3 N–H and O–H groups in total. The molecule has 0 aliphatic rings. The molecule has 0 radical (unpaired) electrons. The van der Waals surface area contributed by atoms with Crippen LogP contribution in [-0.4, -0.2) is 65.8 Å². The van der Waals surface area contributed by atoms with Crippen LogP contribution < -0.4 is 4.74 Å². The van der Waals surface area contributed by atoms with Crippen molar-refractivity contribution in [2.45, 2.75) is 13.0 Å². The lowest BCUT2D eigenvalue weighted by molar-refractivity contribution is 0.0550. The Bertz CT molecular complexity index is 397. The first-order chi connectivity index (χ1) is 9.56. The van der Waals surface area contributed by atoms with E-state index in [1.54, 1.807) is 23.1 Å². The number of benzene rings is 1. The minimum atomic E-state index is -0.692. The van der Waals surface area contributed by atoms with Gasteiger partial charge in [0.15, 0.2) is 0 Å². The molecule has 0 aromatic heterocycles.